The Bertz CT molecular complexity index is 670. The molecule has 2 aromatic rings. The molecule has 0 unspecified atom stereocenters. The van der Waals surface area contributed by atoms with E-state index in [1.54, 1.807) is 11.3 Å². The lowest BCUT2D eigenvalue weighted by Gasteiger charge is -2.12. The zero-order valence-electron chi connectivity index (χ0n) is 12.4. The van der Waals surface area contributed by atoms with Crippen LogP contribution in [0.4, 0.5) is 0 Å². The molecule has 0 radical (unpaired) electrons. The van der Waals surface area contributed by atoms with Crippen LogP contribution in [0.3, 0.4) is 0 Å². The average Bonchev–Trinajstić information content (AvgIpc) is 3.14. The van der Waals surface area contributed by atoms with Crippen LogP contribution in [0.5, 0.6) is 5.75 Å². The predicted octanol–water partition coefficient (Wildman–Crippen LogP) is 4.29. The monoisotopic (exact) mass is 335 g/mol. The Kier molecular flexibility index (Phi) is 4.69. The molecule has 1 aromatic heterocycles. The van der Waals surface area contributed by atoms with E-state index < -0.39 is 0 Å². The number of rotatable bonds is 5. The van der Waals surface area contributed by atoms with Crippen molar-refractivity contribution >= 4 is 28.8 Å². The van der Waals surface area contributed by atoms with Gasteiger partial charge in [0.15, 0.2) is 0 Å². The summed E-state index contributed by atoms with van der Waals surface area (Å²) in [6.45, 7) is 2.52. The predicted molar refractivity (Wildman–Crippen MR) is 90.8 cm³/mol. The zero-order valence-corrected chi connectivity index (χ0v) is 14.0. The molecule has 22 heavy (non-hydrogen) atoms. The molecule has 0 aliphatic carbocycles. The number of nitrogens with one attached hydrogen (secondary N) is 1. The second-order valence-corrected chi connectivity index (χ2v) is 6.64. The lowest BCUT2D eigenvalue weighted by Crippen LogP contribution is -2.34. The van der Waals surface area contributed by atoms with Crippen molar-refractivity contribution in [2.45, 2.75) is 32.3 Å². The van der Waals surface area contributed by atoms with Crippen LogP contribution in [-0.4, -0.2) is 18.6 Å². The van der Waals surface area contributed by atoms with Crippen molar-refractivity contribution in [2.75, 3.05) is 6.54 Å². The Balaban J connectivity index is 1.70. The van der Waals surface area contributed by atoms with E-state index in [2.05, 4.69) is 28.2 Å². The van der Waals surface area contributed by atoms with Gasteiger partial charge in [-0.3, -0.25) is 4.79 Å². The fourth-order valence-corrected chi connectivity index (χ4v) is 3.59. The van der Waals surface area contributed by atoms with Crippen LogP contribution in [0.15, 0.2) is 29.0 Å². The summed E-state index contributed by atoms with van der Waals surface area (Å²) in [4.78, 5) is 11.6. The van der Waals surface area contributed by atoms with Gasteiger partial charge in [0.1, 0.15) is 11.9 Å². The number of hydrogen-bond acceptors (Lipinski definition) is 3. The summed E-state index contributed by atoms with van der Waals surface area (Å²) in [6, 6.07) is 6.17. The summed E-state index contributed by atoms with van der Waals surface area (Å²) in [6.07, 6.45) is 2.15. The van der Waals surface area contributed by atoms with Crippen molar-refractivity contribution in [2.24, 2.45) is 0 Å². The Morgan fingerprint density at radius 1 is 1.45 bits per heavy atom. The highest BCUT2D eigenvalue weighted by Gasteiger charge is 2.26. The molecular formula is C17H18ClNO2S. The van der Waals surface area contributed by atoms with Gasteiger partial charge in [0.05, 0.1) is 11.6 Å². The summed E-state index contributed by atoms with van der Waals surface area (Å²) in [5.41, 5.74) is 3.40. The van der Waals surface area contributed by atoms with Gasteiger partial charge in [-0.2, -0.15) is 11.3 Å². The summed E-state index contributed by atoms with van der Waals surface area (Å²) >= 11 is 8.03. The third-order valence-electron chi connectivity index (χ3n) is 3.71. The van der Waals surface area contributed by atoms with Crippen molar-refractivity contribution in [1.82, 2.24) is 5.32 Å². The topological polar surface area (TPSA) is 38.3 Å². The molecule has 0 bridgehead atoms. The highest BCUT2D eigenvalue weighted by molar-refractivity contribution is 7.08. The third kappa shape index (κ3) is 3.28. The number of ether oxygens (including phenoxy) is 1. The molecule has 116 valence electrons. The fraction of sp³-hybridized carbons (Fsp3) is 0.353. The zero-order chi connectivity index (χ0) is 15.5. The average molecular weight is 336 g/mol. The number of fused-ring (bicyclic) bond motifs is 1. The Morgan fingerprint density at radius 3 is 3.05 bits per heavy atom. The largest absolute Gasteiger partial charge is 0.486 e. The fourth-order valence-electron chi connectivity index (χ4n) is 2.64. The number of halogens is 1. The molecule has 1 atom stereocenters. The molecule has 1 aromatic carbocycles. The molecule has 1 N–H and O–H groups in total. The Hall–Kier alpha value is -1.52. The van der Waals surface area contributed by atoms with Crippen LogP contribution in [0.1, 0.15) is 25.3 Å². The SMILES string of the molecule is CCCC(=O)NC[C@H]1Cc2cc(-c3ccsc3)cc(Cl)c2O1. The molecule has 1 aliphatic heterocycles. The first-order chi connectivity index (χ1) is 10.7. The first kappa shape index (κ1) is 15.4. The Labute approximate surface area is 139 Å². The molecule has 1 aliphatic rings. The number of thiophene rings is 1. The van der Waals surface area contributed by atoms with Crippen molar-refractivity contribution in [1.29, 1.82) is 0 Å². The first-order valence-electron chi connectivity index (χ1n) is 7.45. The molecule has 0 saturated heterocycles. The molecule has 5 heteroatoms. The van der Waals surface area contributed by atoms with Gasteiger partial charge in [0, 0.05) is 18.4 Å². The van der Waals surface area contributed by atoms with Crippen molar-refractivity contribution in [3.63, 3.8) is 0 Å². The van der Waals surface area contributed by atoms with Crippen LogP contribution in [-0.2, 0) is 11.2 Å². The lowest BCUT2D eigenvalue weighted by atomic mass is 10.0. The van der Waals surface area contributed by atoms with Gasteiger partial charge < -0.3 is 10.1 Å². The molecule has 2 heterocycles. The molecule has 3 rings (SSSR count). The molecule has 3 nitrogen and oxygen atoms in total. The number of benzene rings is 1. The second-order valence-electron chi connectivity index (χ2n) is 5.46. The smallest absolute Gasteiger partial charge is 0.220 e. The lowest BCUT2D eigenvalue weighted by molar-refractivity contribution is -0.121. The molecular weight excluding hydrogens is 318 g/mol. The molecule has 0 fully saturated rings. The van der Waals surface area contributed by atoms with Crippen molar-refractivity contribution in [3.8, 4) is 16.9 Å². The summed E-state index contributed by atoms with van der Waals surface area (Å²) in [5, 5.41) is 7.72. The van der Waals surface area contributed by atoms with E-state index in [0.29, 0.717) is 18.0 Å². The van der Waals surface area contributed by atoms with Gasteiger partial charge in [0.2, 0.25) is 5.91 Å². The van der Waals surface area contributed by atoms with Crippen LogP contribution >= 0.6 is 22.9 Å². The van der Waals surface area contributed by atoms with Crippen LogP contribution in [0, 0.1) is 0 Å². The molecule has 0 spiro atoms. The van der Waals surface area contributed by atoms with Gasteiger partial charge in [-0.05, 0) is 46.5 Å². The third-order valence-corrected chi connectivity index (χ3v) is 4.68. The van der Waals surface area contributed by atoms with E-state index in [1.807, 2.05) is 13.0 Å². The van der Waals surface area contributed by atoms with Crippen molar-refractivity contribution < 1.29 is 9.53 Å². The van der Waals surface area contributed by atoms with Gasteiger partial charge in [-0.15, -0.1) is 0 Å². The second kappa shape index (κ2) is 6.71. The summed E-state index contributed by atoms with van der Waals surface area (Å²) in [7, 11) is 0. The minimum absolute atomic E-state index is 0.0361. The van der Waals surface area contributed by atoms with Crippen molar-refractivity contribution in [3.05, 3.63) is 39.5 Å². The van der Waals surface area contributed by atoms with E-state index in [1.165, 1.54) is 5.56 Å². The van der Waals surface area contributed by atoms with Gasteiger partial charge in [-0.25, -0.2) is 0 Å². The van der Waals surface area contributed by atoms with Crippen LogP contribution < -0.4 is 10.1 Å². The minimum Gasteiger partial charge on any atom is -0.486 e. The van der Waals surface area contributed by atoms with E-state index in [4.69, 9.17) is 16.3 Å². The van der Waals surface area contributed by atoms with E-state index in [0.717, 1.165) is 29.7 Å². The first-order valence-corrected chi connectivity index (χ1v) is 8.77. The maximum Gasteiger partial charge on any atom is 0.220 e. The standard InChI is InChI=1S/C17H18ClNO2S/c1-2-3-16(20)19-9-14-7-13-6-12(11-4-5-22-10-11)8-15(18)17(13)21-14/h4-6,8,10,14H,2-3,7,9H2,1H3,(H,19,20)/t14-/m1/s1. The molecule has 0 saturated carbocycles. The van der Waals surface area contributed by atoms with Gasteiger partial charge in [-0.1, -0.05) is 18.5 Å². The van der Waals surface area contributed by atoms with E-state index >= 15 is 0 Å². The highest BCUT2D eigenvalue weighted by atomic mass is 35.5. The quantitative estimate of drug-likeness (QED) is 0.885. The number of hydrogen-bond donors (Lipinski definition) is 1. The van der Waals surface area contributed by atoms with Gasteiger partial charge >= 0.3 is 0 Å². The van der Waals surface area contributed by atoms with Crippen LogP contribution in [0.25, 0.3) is 11.1 Å². The molecule has 1 amide bonds. The number of carbonyl (C=O) groups is 1. The maximum absolute atomic E-state index is 11.6. The Morgan fingerprint density at radius 2 is 2.32 bits per heavy atom. The maximum atomic E-state index is 11.6. The minimum atomic E-state index is -0.0361. The summed E-state index contributed by atoms with van der Waals surface area (Å²) < 4.78 is 5.89. The highest BCUT2D eigenvalue weighted by Crippen LogP contribution is 2.39. The summed E-state index contributed by atoms with van der Waals surface area (Å²) in [5.74, 6) is 0.836. The normalized spacial score (nSPS) is 16.2. The van der Waals surface area contributed by atoms with Crippen LogP contribution in [0.2, 0.25) is 5.02 Å². The van der Waals surface area contributed by atoms with Gasteiger partial charge in [0.25, 0.3) is 0 Å². The van der Waals surface area contributed by atoms with E-state index in [9.17, 15) is 4.79 Å². The van der Waals surface area contributed by atoms with E-state index in [-0.39, 0.29) is 12.0 Å². The number of amides is 1. The number of carbonyl (C=O) groups excluding carboxylic acids is 1.